The summed E-state index contributed by atoms with van der Waals surface area (Å²) in [6.07, 6.45) is 4.23. The van der Waals surface area contributed by atoms with E-state index in [0.717, 1.165) is 24.7 Å². The molecule has 8 heavy (non-hydrogen) atoms. The molecule has 0 aliphatic heterocycles. The predicted molar refractivity (Wildman–Crippen MR) is 34.0 cm³/mol. The van der Waals surface area contributed by atoms with Crippen molar-refractivity contribution in [3.8, 4) is 0 Å². The normalized spacial score (nSPS) is 12.0. The van der Waals surface area contributed by atoms with Gasteiger partial charge in [0.25, 0.3) is 0 Å². The van der Waals surface area contributed by atoms with Crippen LogP contribution in [0.25, 0.3) is 0 Å². The first-order valence-electron chi connectivity index (χ1n) is 3.09. The van der Waals surface area contributed by atoms with E-state index in [1.807, 2.05) is 6.92 Å². The Balaban J connectivity index is 3.12. The topological polar surface area (TPSA) is 19.9 Å². The Morgan fingerprint density at radius 3 is 2.62 bits per heavy atom. The quantitative estimate of drug-likeness (QED) is 0.501. The van der Waals surface area contributed by atoms with E-state index >= 15 is 0 Å². The van der Waals surface area contributed by atoms with Crippen molar-refractivity contribution in [1.82, 2.24) is 0 Å². The van der Waals surface area contributed by atoms with Crippen LogP contribution in [0.5, 0.6) is 0 Å². The zero-order valence-corrected chi connectivity index (χ0v) is 5.61. The van der Waals surface area contributed by atoms with Gasteiger partial charge in [-0.25, -0.2) is 0 Å². The highest BCUT2D eigenvalue weighted by Crippen LogP contribution is 2.03. The first-order valence-corrected chi connectivity index (χ1v) is 3.09. The summed E-state index contributed by atoms with van der Waals surface area (Å²) in [5, 5.41) is 9.97. The lowest BCUT2D eigenvalue weighted by atomic mass is 10.1. The molecule has 0 aliphatic rings. The first kappa shape index (κ1) is 7.54. The highest BCUT2D eigenvalue weighted by Gasteiger charge is 1.86. The summed E-state index contributed by atoms with van der Waals surface area (Å²) in [5.74, 6) is 0. The monoisotopic (exact) mass is 113 g/mol. The van der Waals surface area contributed by atoms with Gasteiger partial charge in [-0.1, -0.05) is 13.3 Å². The van der Waals surface area contributed by atoms with Gasteiger partial charge in [0.1, 0.15) is 6.26 Å². The molecule has 0 aromatic carbocycles. The lowest BCUT2D eigenvalue weighted by molar-refractivity contribution is 0.345. The fourth-order valence-electron chi connectivity index (χ4n) is 0.515. The number of unbranched alkanes of at least 4 members (excludes halogenated alkanes) is 1. The molecular weight excluding hydrogens is 100 g/mol. The minimum Gasteiger partial charge on any atom is -0.299 e. The van der Waals surface area contributed by atoms with Gasteiger partial charge in [-0.15, -0.1) is 0 Å². The molecule has 1 radical (unpaired) electrons. The molecule has 0 unspecified atom stereocenters. The van der Waals surface area contributed by atoms with Crippen LogP contribution in [0.3, 0.4) is 0 Å². The van der Waals surface area contributed by atoms with E-state index in [0.29, 0.717) is 0 Å². The largest absolute Gasteiger partial charge is 0.299 e. The van der Waals surface area contributed by atoms with Gasteiger partial charge >= 0.3 is 0 Å². The van der Waals surface area contributed by atoms with Crippen molar-refractivity contribution in [2.45, 2.75) is 33.1 Å². The summed E-state index contributed by atoms with van der Waals surface area (Å²) >= 11 is 0. The average molecular weight is 113 g/mol. The number of allylic oxidation sites excluding steroid dienone is 1. The highest BCUT2D eigenvalue weighted by molar-refractivity contribution is 4.90. The first-order chi connectivity index (χ1) is 3.81. The maximum atomic E-state index is 9.97. The van der Waals surface area contributed by atoms with Crippen LogP contribution in [0.15, 0.2) is 11.8 Å². The van der Waals surface area contributed by atoms with Crippen LogP contribution in [0, 0.1) is 0 Å². The lowest BCUT2D eigenvalue weighted by Crippen LogP contribution is -1.74. The van der Waals surface area contributed by atoms with E-state index in [9.17, 15) is 5.11 Å². The molecule has 0 N–H and O–H groups in total. The minimum absolute atomic E-state index is 0.940. The van der Waals surface area contributed by atoms with Crippen molar-refractivity contribution >= 4 is 0 Å². The van der Waals surface area contributed by atoms with Crippen LogP contribution in [0.1, 0.15) is 33.1 Å². The molecule has 0 saturated heterocycles. The van der Waals surface area contributed by atoms with Gasteiger partial charge in [-0.2, -0.15) is 0 Å². The van der Waals surface area contributed by atoms with E-state index in [1.165, 1.54) is 6.42 Å². The van der Waals surface area contributed by atoms with Gasteiger partial charge < -0.3 is 0 Å². The van der Waals surface area contributed by atoms with Crippen LogP contribution >= 0.6 is 0 Å². The zero-order chi connectivity index (χ0) is 6.41. The number of hydrogen-bond donors (Lipinski definition) is 0. The third kappa shape index (κ3) is 3.72. The molecule has 0 heterocycles. The summed E-state index contributed by atoms with van der Waals surface area (Å²) in [6, 6.07) is 0. The van der Waals surface area contributed by atoms with Crippen LogP contribution < -0.4 is 0 Å². The smallest absolute Gasteiger partial charge is 0.141 e. The molecule has 0 fully saturated rings. The third-order valence-corrected chi connectivity index (χ3v) is 1.13. The van der Waals surface area contributed by atoms with Crippen molar-refractivity contribution in [2.75, 3.05) is 0 Å². The zero-order valence-electron chi connectivity index (χ0n) is 5.61. The number of hydrogen-bond acceptors (Lipinski definition) is 0. The van der Waals surface area contributed by atoms with Gasteiger partial charge in [0.2, 0.25) is 0 Å². The molecule has 0 amide bonds. The molecule has 0 bridgehead atoms. The Hall–Kier alpha value is -0.460. The van der Waals surface area contributed by atoms with Crippen molar-refractivity contribution in [3.63, 3.8) is 0 Å². The van der Waals surface area contributed by atoms with E-state index < -0.39 is 0 Å². The molecular formula is C7H13O. The second-order valence-electron chi connectivity index (χ2n) is 2.07. The molecule has 0 saturated carbocycles. The molecule has 0 aromatic rings. The minimum atomic E-state index is 0.940. The standard InChI is InChI=1S/C7H13O/c1-3-4-5-7(2)6-8/h6H,3-5H2,1-2H3. The third-order valence-electron chi connectivity index (χ3n) is 1.13. The second kappa shape index (κ2) is 4.69. The summed E-state index contributed by atoms with van der Waals surface area (Å²) < 4.78 is 0. The molecule has 0 aromatic heterocycles. The lowest BCUT2D eigenvalue weighted by Gasteiger charge is -1.92. The second-order valence-corrected chi connectivity index (χ2v) is 2.07. The van der Waals surface area contributed by atoms with Gasteiger partial charge in [0.15, 0.2) is 0 Å². The molecule has 0 spiro atoms. The molecule has 0 rings (SSSR count). The fourth-order valence-corrected chi connectivity index (χ4v) is 0.515. The Bertz CT molecular complexity index is 74.5. The molecule has 0 atom stereocenters. The van der Waals surface area contributed by atoms with Crippen LogP contribution in [0.4, 0.5) is 0 Å². The SMILES string of the molecule is CCCCC(C)=C[O]. The molecule has 1 nitrogen and oxygen atoms in total. The van der Waals surface area contributed by atoms with Gasteiger partial charge in [0.05, 0.1) is 0 Å². The maximum absolute atomic E-state index is 9.97. The highest BCUT2D eigenvalue weighted by atomic mass is 16.2. The average Bonchev–Trinajstić information content (AvgIpc) is 1.83. The predicted octanol–water partition coefficient (Wildman–Crippen LogP) is 2.51. The summed E-state index contributed by atoms with van der Waals surface area (Å²) in [6.45, 7) is 4.00. The van der Waals surface area contributed by atoms with Crippen molar-refractivity contribution in [2.24, 2.45) is 0 Å². The van der Waals surface area contributed by atoms with Crippen molar-refractivity contribution < 1.29 is 5.11 Å². The van der Waals surface area contributed by atoms with Crippen LogP contribution in [-0.2, 0) is 5.11 Å². The number of rotatable bonds is 3. The van der Waals surface area contributed by atoms with E-state index in [-0.39, 0.29) is 0 Å². The van der Waals surface area contributed by atoms with E-state index in [4.69, 9.17) is 0 Å². The fraction of sp³-hybridized carbons (Fsp3) is 0.714. The summed E-state index contributed by atoms with van der Waals surface area (Å²) in [7, 11) is 0. The summed E-state index contributed by atoms with van der Waals surface area (Å²) in [5.41, 5.74) is 0.965. The molecule has 0 aliphatic carbocycles. The van der Waals surface area contributed by atoms with Gasteiger partial charge in [0, 0.05) is 0 Å². The van der Waals surface area contributed by atoms with Gasteiger partial charge in [-0.05, 0) is 25.3 Å². The molecule has 1 heteroatoms. The van der Waals surface area contributed by atoms with Gasteiger partial charge in [-0.3, -0.25) is 5.11 Å². The van der Waals surface area contributed by atoms with Crippen LogP contribution in [-0.4, -0.2) is 0 Å². The van der Waals surface area contributed by atoms with Crippen molar-refractivity contribution in [1.29, 1.82) is 0 Å². The summed E-state index contributed by atoms with van der Waals surface area (Å²) in [4.78, 5) is 0. The van der Waals surface area contributed by atoms with Crippen LogP contribution in [0.2, 0.25) is 0 Å². The van der Waals surface area contributed by atoms with E-state index in [1.54, 1.807) is 0 Å². The Morgan fingerprint density at radius 1 is 1.62 bits per heavy atom. The molecule has 47 valence electrons. The maximum Gasteiger partial charge on any atom is 0.141 e. The Morgan fingerprint density at radius 2 is 2.25 bits per heavy atom. The Labute approximate surface area is 51.0 Å². The van der Waals surface area contributed by atoms with Crippen molar-refractivity contribution in [3.05, 3.63) is 11.8 Å². The van der Waals surface area contributed by atoms with E-state index in [2.05, 4.69) is 6.92 Å². The Kier molecular flexibility index (Phi) is 4.42.